The number of hydrogen-bond acceptors (Lipinski definition) is 10. The molecule has 3 aromatic carbocycles. The Morgan fingerprint density at radius 1 is 0.647 bits per heavy atom. The quantitative estimate of drug-likeness (QED) is 0.128. The molecule has 0 aliphatic rings. The van der Waals surface area contributed by atoms with Crippen LogP contribution in [0, 0.1) is 13.8 Å². The van der Waals surface area contributed by atoms with Crippen LogP contribution in [-0.4, -0.2) is 60.2 Å². The highest BCUT2D eigenvalue weighted by molar-refractivity contribution is 7.86. The van der Waals surface area contributed by atoms with Gasteiger partial charge in [-0.3, -0.25) is 32.9 Å². The first kappa shape index (κ1) is 36.8. The molecule has 15 heteroatoms. The summed E-state index contributed by atoms with van der Waals surface area (Å²) >= 11 is 0. The van der Waals surface area contributed by atoms with Gasteiger partial charge in [-0.05, 0) is 54.8 Å². The van der Waals surface area contributed by atoms with Crippen molar-refractivity contribution in [2.75, 3.05) is 20.5 Å². The summed E-state index contributed by atoms with van der Waals surface area (Å²) in [5, 5.41) is 0. The van der Waals surface area contributed by atoms with Crippen LogP contribution < -0.4 is 32.0 Å². The number of H-pyrrole nitrogens is 2. The predicted molar refractivity (Wildman–Crippen MR) is 189 cm³/mol. The fraction of sp³-hybridized carbons (Fsp3) is 0.278. The molecule has 0 aliphatic heterocycles. The maximum atomic E-state index is 13.2. The highest BCUT2D eigenvalue weighted by atomic mass is 32.2. The van der Waals surface area contributed by atoms with Crippen molar-refractivity contribution in [3.63, 3.8) is 0 Å². The van der Waals surface area contributed by atoms with E-state index in [1.807, 2.05) is 30.3 Å². The molecule has 0 saturated heterocycles. The molecule has 0 saturated carbocycles. The largest absolute Gasteiger partial charge is 0.497 e. The zero-order valence-corrected chi connectivity index (χ0v) is 29.4. The summed E-state index contributed by atoms with van der Waals surface area (Å²) in [5.41, 5.74) is -2.15. The minimum Gasteiger partial charge on any atom is -0.497 e. The fourth-order valence-electron chi connectivity index (χ4n) is 5.82. The standard InChI is InChI=1S/C36H38N4O10S/c1-23-19-39(34(43)37-32(23)41)21-30(31(50-51(5,45)46)22-40-20-24(2)33(42)38-35(40)44)49-36(25-9-7-6-8-10-25,26-11-15-28(47-3)16-12-26)27-13-17-29(48-4)18-14-27/h6-20,30-31H,21-22H2,1-5H3,(H,37,41,43)(H,38,42,44)/t30-,31-/m0/s1. The van der Waals surface area contributed by atoms with E-state index in [1.54, 1.807) is 48.5 Å². The summed E-state index contributed by atoms with van der Waals surface area (Å²) in [6.07, 6.45) is 0.625. The van der Waals surface area contributed by atoms with Crippen LogP contribution in [0.2, 0.25) is 0 Å². The maximum absolute atomic E-state index is 13.2. The predicted octanol–water partition coefficient (Wildman–Crippen LogP) is 2.44. The Kier molecular flexibility index (Phi) is 10.9. The van der Waals surface area contributed by atoms with Crippen molar-refractivity contribution >= 4 is 10.1 Å². The molecule has 0 aliphatic carbocycles. The van der Waals surface area contributed by atoms with E-state index in [-0.39, 0.29) is 17.7 Å². The summed E-state index contributed by atoms with van der Waals surface area (Å²) < 4.78 is 51.9. The van der Waals surface area contributed by atoms with Crippen LogP contribution in [0.15, 0.2) is 110 Å². The highest BCUT2D eigenvalue weighted by Gasteiger charge is 2.43. The number of rotatable bonds is 14. The zero-order valence-electron chi connectivity index (χ0n) is 28.6. The second-order valence-corrected chi connectivity index (χ2v) is 13.5. The van der Waals surface area contributed by atoms with Crippen LogP contribution in [0.25, 0.3) is 0 Å². The molecule has 0 spiro atoms. The van der Waals surface area contributed by atoms with Crippen molar-refractivity contribution in [3.8, 4) is 11.5 Å². The average molecular weight is 719 g/mol. The number of ether oxygens (including phenoxy) is 3. The second kappa shape index (κ2) is 15.2. The van der Waals surface area contributed by atoms with Crippen LogP contribution in [0.5, 0.6) is 11.5 Å². The SMILES string of the molecule is COc1ccc(C(O[C@@H](Cn2cc(C)c(=O)[nH]c2=O)[C@H](Cn2cc(C)c(=O)[nH]c2=O)OS(C)(=O)=O)(c2ccccc2)c2ccc(OC)cc2)cc1. The summed E-state index contributed by atoms with van der Waals surface area (Å²) in [7, 11) is -1.18. The van der Waals surface area contributed by atoms with Crippen LogP contribution >= 0.6 is 0 Å². The van der Waals surface area contributed by atoms with Gasteiger partial charge in [-0.25, -0.2) is 9.59 Å². The molecule has 51 heavy (non-hydrogen) atoms. The van der Waals surface area contributed by atoms with Crippen LogP contribution in [0.3, 0.4) is 0 Å². The zero-order chi connectivity index (χ0) is 36.9. The first-order valence-electron chi connectivity index (χ1n) is 15.8. The van der Waals surface area contributed by atoms with Gasteiger partial charge in [0.1, 0.15) is 29.3 Å². The van der Waals surface area contributed by atoms with Crippen LogP contribution in [-0.2, 0) is 37.7 Å². The molecule has 0 amide bonds. The number of aryl methyl sites for hydroxylation is 2. The maximum Gasteiger partial charge on any atom is 0.328 e. The Hall–Kier alpha value is -5.51. The van der Waals surface area contributed by atoms with Gasteiger partial charge in [-0.2, -0.15) is 8.42 Å². The molecule has 0 radical (unpaired) electrons. The molecule has 0 fully saturated rings. The number of aromatic amines is 2. The van der Waals surface area contributed by atoms with E-state index in [1.165, 1.54) is 45.0 Å². The Labute approximate surface area is 293 Å². The lowest BCUT2D eigenvalue weighted by Gasteiger charge is -2.41. The Bertz CT molecular complexity index is 2280. The minimum absolute atomic E-state index is 0.188. The first-order chi connectivity index (χ1) is 24.2. The third-order valence-corrected chi connectivity index (χ3v) is 8.94. The smallest absolute Gasteiger partial charge is 0.328 e. The summed E-state index contributed by atoms with van der Waals surface area (Å²) in [6, 6.07) is 23.3. The Morgan fingerprint density at radius 2 is 1.06 bits per heavy atom. The molecule has 14 nitrogen and oxygen atoms in total. The van der Waals surface area contributed by atoms with Gasteiger partial charge < -0.3 is 14.2 Å². The van der Waals surface area contributed by atoms with E-state index >= 15 is 0 Å². The molecule has 268 valence electrons. The van der Waals surface area contributed by atoms with E-state index in [0.717, 1.165) is 10.8 Å². The number of aromatic nitrogens is 4. The Balaban J connectivity index is 1.82. The average Bonchev–Trinajstić information content (AvgIpc) is 3.11. The number of nitrogens with zero attached hydrogens (tertiary/aromatic N) is 2. The lowest BCUT2D eigenvalue weighted by Crippen LogP contribution is -2.49. The molecule has 2 N–H and O–H groups in total. The molecule has 5 aromatic rings. The van der Waals surface area contributed by atoms with E-state index in [2.05, 4.69) is 9.97 Å². The van der Waals surface area contributed by atoms with Crippen molar-refractivity contribution in [3.05, 3.63) is 161 Å². The van der Waals surface area contributed by atoms with Crippen LogP contribution in [0.4, 0.5) is 0 Å². The molecule has 0 unspecified atom stereocenters. The van der Waals surface area contributed by atoms with Gasteiger partial charge in [0, 0.05) is 23.5 Å². The van der Waals surface area contributed by atoms with Crippen molar-refractivity contribution in [1.29, 1.82) is 0 Å². The van der Waals surface area contributed by atoms with Crippen molar-refractivity contribution in [2.24, 2.45) is 0 Å². The molecular formula is C36H38N4O10S. The summed E-state index contributed by atoms with van der Waals surface area (Å²) in [5.74, 6) is 1.13. The van der Waals surface area contributed by atoms with Gasteiger partial charge in [0.2, 0.25) is 0 Å². The lowest BCUT2D eigenvalue weighted by atomic mass is 9.79. The van der Waals surface area contributed by atoms with Gasteiger partial charge in [-0.1, -0.05) is 54.6 Å². The molecule has 5 rings (SSSR count). The molecule has 0 bridgehead atoms. The van der Waals surface area contributed by atoms with E-state index in [4.69, 9.17) is 18.4 Å². The van der Waals surface area contributed by atoms with Crippen LogP contribution in [0.1, 0.15) is 27.8 Å². The third-order valence-electron chi connectivity index (χ3n) is 8.35. The molecule has 2 atom stereocenters. The lowest BCUT2D eigenvalue weighted by molar-refractivity contribution is -0.104. The normalized spacial score (nSPS) is 13.0. The minimum atomic E-state index is -4.25. The second-order valence-electron chi connectivity index (χ2n) is 11.9. The monoisotopic (exact) mass is 718 g/mol. The van der Waals surface area contributed by atoms with E-state index in [0.29, 0.717) is 28.2 Å². The molecule has 2 heterocycles. The molecule has 2 aromatic heterocycles. The topological polar surface area (TPSA) is 181 Å². The fourth-order valence-corrected chi connectivity index (χ4v) is 6.45. The van der Waals surface area contributed by atoms with Gasteiger partial charge in [0.05, 0.1) is 33.6 Å². The Morgan fingerprint density at radius 3 is 1.47 bits per heavy atom. The van der Waals surface area contributed by atoms with Crippen molar-refractivity contribution < 1.29 is 26.8 Å². The van der Waals surface area contributed by atoms with Gasteiger partial charge in [-0.15, -0.1) is 0 Å². The number of benzene rings is 3. The number of nitrogens with one attached hydrogen (secondary N) is 2. The van der Waals surface area contributed by atoms with Gasteiger partial charge >= 0.3 is 11.4 Å². The summed E-state index contributed by atoms with van der Waals surface area (Å²) in [6.45, 7) is 2.22. The van der Waals surface area contributed by atoms with E-state index in [9.17, 15) is 27.6 Å². The van der Waals surface area contributed by atoms with Gasteiger partial charge in [0.25, 0.3) is 21.2 Å². The number of hydrogen-bond donors (Lipinski definition) is 2. The van der Waals surface area contributed by atoms with Crippen molar-refractivity contribution in [2.45, 2.75) is 44.7 Å². The summed E-state index contributed by atoms with van der Waals surface area (Å²) in [4.78, 5) is 55.3. The molecular weight excluding hydrogens is 680 g/mol. The first-order valence-corrected chi connectivity index (χ1v) is 17.6. The number of methoxy groups -OCH3 is 2. The highest BCUT2D eigenvalue weighted by Crippen LogP contribution is 2.43. The van der Waals surface area contributed by atoms with Crippen molar-refractivity contribution in [1.82, 2.24) is 19.1 Å². The van der Waals surface area contributed by atoms with E-state index < -0.39 is 57.0 Å². The third kappa shape index (κ3) is 8.28. The van der Waals surface area contributed by atoms with Gasteiger partial charge in [0.15, 0.2) is 0 Å².